The Kier molecular flexibility index (Phi) is 4.49. The number of aromatic carboxylic acids is 1. The number of nitrogens with one attached hydrogen (secondary N) is 1. The lowest BCUT2D eigenvalue weighted by molar-refractivity contribution is 0.0687. The number of hydrogen-bond acceptors (Lipinski definition) is 5. The molecular formula is C12H20N4O3. The summed E-state index contributed by atoms with van der Waals surface area (Å²) in [5.41, 5.74) is 0.678. The molecular weight excluding hydrogens is 248 g/mol. The number of carbonyl (C=O) groups is 1. The summed E-state index contributed by atoms with van der Waals surface area (Å²) >= 11 is 0. The largest absolute Gasteiger partial charge is 0.476 e. The van der Waals surface area contributed by atoms with Crippen molar-refractivity contribution in [2.24, 2.45) is 0 Å². The lowest BCUT2D eigenvalue weighted by atomic mass is 9.93. The molecule has 1 aliphatic rings. The van der Waals surface area contributed by atoms with Gasteiger partial charge in [-0.25, -0.2) is 9.48 Å². The molecule has 106 valence electrons. The number of carboxylic acids is 1. The highest BCUT2D eigenvalue weighted by Crippen LogP contribution is 2.27. The Labute approximate surface area is 111 Å². The highest BCUT2D eigenvalue weighted by molar-refractivity contribution is 5.86. The van der Waals surface area contributed by atoms with Crippen molar-refractivity contribution in [3.63, 3.8) is 0 Å². The van der Waals surface area contributed by atoms with Gasteiger partial charge in [-0.05, 0) is 32.4 Å². The van der Waals surface area contributed by atoms with Gasteiger partial charge in [-0.15, -0.1) is 5.10 Å². The Morgan fingerprint density at radius 1 is 1.53 bits per heavy atom. The third-order valence-electron chi connectivity index (χ3n) is 3.56. The van der Waals surface area contributed by atoms with E-state index in [9.17, 15) is 15.0 Å². The van der Waals surface area contributed by atoms with Crippen LogP contribution in [0.5, 0.6) is 0 Å². The van der Waals surface area contributed by atoms with Crippen LogP contribution in [-0.4, -0.2) is 50.4 Å². The summed E-state index contributed by atoms with van der Waals surface area (Å²) in [6, 6.07) is 0. The minimum absolute atomic E-state index is 0.0233. The third-order valence-corrected chi connectivity index (χ3v) is 3.56. The van der Waals surface area contributed by atoms with Gasteiger partial charge < -0.3 is 15.5 Å². The number of hydrogen-bond donors (Lipinski definition) is 3. The van der Waals surface area contributed by atoms with E-state index < -0.39 is 12.1 Å². The summed E-state index contributed by atoms with van der Waals surface area (Å²) in [7, 11) is 0. The van der Waals surface area contributed by atoms with Gasteiger partial charge in [-0.2, -0.15) is 0 Å². The summed E-state index contributed by atoms with van der Waals surface area (Å²) in [6.07, 6.45) is 1.82. The monoisotopic (exact) mass is 268 g/mol. The minimum atomic E-state index is -1.05. The molecule has 7 heteroatoms. The molecule has 19 heavy (non-hydrogen) atoms. The SMILES string of the molecule is CCC(O)Cn1nnc(C(=O)O)c1C1CCNCC1. The van der Waals surface area contributed by atoms with E-state index >= 15 is 0 Å². The van der Waals surface area contributed by atoms with Gasteiger partial charge >= 0.3 is 5.97 Å². The Morgan fingerprint density at radius 2 is 2.21 bits per heavy atom. The Hall–Kier alpha value is -1.47. The van der Waals surface area contributed by atoms with E-state index in [-0.39, 0.29) is 11.6 Å². The van der Waals surface area contributed by atoms with Crippen LogP contribution in [0.25, 0.3) is 0 Å². The first-order valence-electron chi connectivity index (χ1n) is 6.69. The zero-order chi connectivity index (χ0) is 13.8. The molecule has 1 aromatic heterocycles. The molecule has 0 spiro atoms. The molecule has 2 heterocycles. The third kappa shape index (κ3) is 3.10. The van der Waals surface area contributed by atoms with Crippen molar-refractivity contribution in [1.29, 1.82) is 0 Å². The second-order valence-electron chi connectivity index (χ2n) is 4.90. The number of aromatic nitrogens is 3. The van der Waals surface area contributed by atoms with Crippen molar-refractivity contribution in [3.8, 4) is 0 Å². The lowest BCUT2D eigenvalue weighted by Crippen LogP contribution is -2.29. The van der Waals surface area contributed by atoms with Crippen LogP contribution in [0, 0.1) is 0 Å². The van der Waals surface area contributed by atoms with Crippen molar-refractivity contribution in [1.82, 2.24) is 20.3 Å². The fourth-order valence-electron chi connectivity index (χ4n) is 2.44. The molecule has 1 unspecified atom stereocenters. The maximum Gasteiger partial charge on any atom is 0.358 e. The quantitative estimate of drug-likeness (QED) is 0.706. The van der Waals surface area contributed by atoms with Gasteiger partial charge in [0.05, 0.1) is 18.3 Å². The number of aliphatic hydroxyl groups excluding tert-OH is 1. The van der Waals surface area contributed by atoms with Crippen LogP contribution in [0.2, 0.25) is 0 Å². The van der Waals surface area contributed by atoms with E-state index in [1.54, 1.807) is 4.68 Å². The molecule has 0 amide bonds. The van der Waals surface area contributed by atoms with E-state index in [0.29, 0.717) is 18.7 Å². The molecule has 3 N–H and O–H groups in total. The lowest BCUT2D eigenvalue weighted by Gasteiger charge is -2.24. The van der Waals surface area contributed by atoms with Gasteiger partial charge in [0.25, 0.3) is 0 Å². The number of rotatable bonds is 5. The highest BCUT2D eigenvalue weighted by atomic mass is 16.4. The number of aliphatic hydroxyl groups is 1. The predicted molar refractivity (Wildman–Crippen MR) is 68.1 cm³/mol. The number of nitrogens with zero attached hydrogens (tertiary/aromatic N) is 3. The van der Waals surface area contributed by atoms with Crippen LogP contribution in [0.1, 0.15) is 48.3 Å². The Bertz CT molecular complexity index is 440. The van der Waals surface area contributed by atoms with Crippen LogP contribution in [0.3, 0.4) is 0 Å². The van der Waals surface area contributed by atoms with Crippen molar-refractivity contribution < 1.29 is 15.0 Å². The first kappa shape index (κ1) is 14.0. The van der Waals surface area contributed by atoms with Gasteiger partial charge in [0.1, 0.15) is 0 Å². The first-order valence-corrected chi connectivity index (χ1v) is 6.69. The summed E-state index contributed by atoms with van der Waals surface area (Å²) in [4.78, 5) is 11.2. The molecule has 1 aliphatic heterocycles. The van der Waals surface area contributed by atoms with Crippen LogP contribution in [0.4, 0.5) is 0 Å². The Morgan fingerprint density at radius 3 is 2.79 bits per heavy atom. The maximum atomic E-state index is 11.2. The van der Waals surface area contributed by atoms with Gasteiger partial charge in [0, 0.05) is 5.92 Å². The molecule has 1 saturated heterocycles. The maximum absolute atomic E-state index is 11.2. The van der Waals surface area contributed by atoms with Gasteiger partial charge in [-0.3, -0.25) is 0 Å². The molecule has 0 saturated carbocycles. The minimum Gasteiger partial charge on any atom is -0.476 e. The second kappa shape index (κ2) is 6.12. The molecule has 0 aromatic carbocycles. The number of piperidine rings is 1. The topological polar surface area (TPSA) is 100 Å². The molecule has 1 aromatic rings. The average Bonchev–Trinajstić information content (AvgIpc) is 2.83. The molecule has 0 aliphatic carbocycles. The van der Waals surface area contributed by atoms with Gasteiger partial charge in [0.15, 0.2) is 5.69 Å². The van der Waals surface area contributed by atoms with Crippen LogP contribution < -0.4 is 5.32 Å². The van der Waals surface area contributed by atoms with Gasteiger partial charge in [-0.1, -0.05) is 12.1 Å². The van der Waals surface area contributed by atoms with E-state index in [2.05, 4.69) is 15.6 Å². The molecule has 1 atom stereocenters. The molecule has 7 nitrogen and oxygen atoms in total. The van der Waals surface area contributed by atoms with E-state index in [0.717, 1.165) is 25.9 Å². The smallest absolute Gasteiger partial charge is 0.358 e. The van der Waals surface area contributed by atoms with Crippen molar-refractivity contribution in [2.75, 3.05) is 13.1 Å². The second-order valence-corrected chi connectivity index (χ2v) is 4.90. The number of carboxylic acid groups (broad SMARTS) is 1. The summed E-state index contributed by atoms with van der Waals surface area (Å²) in [5.74, 6) is -0.905. The highest BCUT2D eigenvalue weighted by Gasteiger charge is 2.28. The van der Waals surface area contributed by atoms with Crippen LogP contribution in [-0.2, 0) is 6.54 Å². The van der Waals surface area contributed by atoms with Crippen molar-refractivity contribution >= 4 is 5.97 Å². The van der Waals surface area contributed by atoms with Crippen LogP contribution >= 0.6 is 0 Å². The zero-order valence-electron chi connectivity index (χ0n) is 11.0. The van der Waals surface area contributed by atoms with Crippen molar-refractivity contribution in [3.05, 3.63) is 11.4 Å². The standard InChI is InChI=1S/C12H20N4O3/c1-2-9(17)7-16-11(8-3-5-13-6-4-8)10(12(18)19)14-15-16/h8-9,13,17H,2-7H2,1H3,(H,18,19). The molecule has 0 radical (unpaired) electrons. The Balaban J connectivity index is 2.29. The molecule has 0 bridgehead atoms. The summed E-state index contributed by atoms with van der Waals surface area (Å²) < 4.78 is 1.56. The van der Waals surface area contributed by atoms with Crippen LogP contribution in [0.15, 0.2) is 0 Å². The van der Waals surface area contributed by atoms with E-state index in [1.165, 1.54) is 0 Å². The predicted octanol–water partition coefficient (Wildman–Crippen LogP) is 0.214. The van der Waals surface area contributed by atoms with Gasteiger partial charge in [0.2, 0.25) is 0 Å². The molecule has 1 fully saturated rings. The summed E-state index contributed by atoms with van der Waals surface area (Å²) in [6.45, 7) is 3.91. The van der Waals surface area contributed by atoms with E-state index in [4.69, 9.17) is 0 Å². The average molecular weight is 268 g/mol. The van der Waals surface area contributed by atoms with Crippen molar-refractivity contribution in [2.45, 2.75) is 44.8 Å². The zero-order valence-corrected chi connectivity index (χ0v) is 11.0. The first-order chi connectivity index (χ1) is 9.13. The molecule has 2 rings (SSSR count). The summed E-state index contributed by atoms with van der Waals surface area (Å²) in [5, 5.41) is 29.9. The normalized spacial score (nSPS) is 18.4. The van der Waals surface area contributed by atoms with E-state index in [1.807, 2.05) is 6.92 Å². The fraction of sp³-hybridized carbons (Fsp3) is 0.750. The fourth-order valence-corrected chi connectivity index (χ4v) is 2.44.